The first kappa shape index (κ1) is 19.9. The van der Waals surface area contributed by atoms with E-state index in [2.05, 4.69) is 10.6 Å². The Morgan fingerprint density at radius 1 is 1.15 bits per heavy atom. The quantitative estimate of drug-likeness (QED) is 0.698. The summed E-state index contributed by atoms with van der Waals surface area (Å²) in [7, 11) is 0. The number of para-hydroxylation sites is 1. The zero-order valence-electron chi connectivity index (χ0n) is 16.1. The molecule has 6 heteroatoms. The van der Waals surface area contributed by atoms with E-state index >= 15 is 0 Å². The Kier molecular flexibility index (Phi) is 6.40. The highest BCUT2D eigenvalue weighted by molar-refractivity contribution is 6.10. The molecule has 1 saturated heterocycles. The molecule has 0 saturated carbocycles. The first-order valence-electron chi connectivity index (χ1n) is 9.41. The van der Waals surface area contributed by atoms with Crippen molar-refractivity contribution in [1.82, 2.24) is 10.2 Å². The van der Waals surface area contributed by atoms with Crippen molar-refractivity contribution in [2.24, 2.45) is 0 Å². The van der Waals surface area contributed by atoms with E-state index < -0.39 is 11.6 Å². The minimum Gasteiger partial charge on any atom is -0.324 e. The van der Waals surface area contributed by atoms with Crippen molar-refractivity contribution in [2.45, 2.75) is 65.3 Å². The number of aryl methyl sites for hydroxylation is 2. The molecule has 0 unspecified atom stereocenters. The van der Waals surface area contributed by atoms with Crippen LogP contribution in [0.1, 0.15) is 57.6 Å². The highest BCUT2D eigenvalue weighted by Gasteiger charge is 2.50. The molecule has 1 aromatic carbocycles. The SMILES string of the molecule is CCCC1(CCC)NC(=O)N(CC(=O)Nc2c(C)cccc2CC)C1=O. The Labute approximate surface area is 155 Å². The van der Waals surface area contributed by atoms with Gasteiger partial charge in [-0.3, -0.25) is 14.5 Å². The van der Waals surface area contributed by atoms with Gasteiger partial charge >= 0.3 is 6.03 Å². The predicted octanol–water partition coefficient (Wildman–Crippen LogP) is 3.39. The summed E-state index contributed by atoms with van der Waals surface area (Å²) < 4.78 is 0. The van der Waals surface area contributed by atoms with E-state index in [4.69, 9.17) is 0 Å². The first-order chi connectivity index (χ1) is 12.4. The Morgan fingerprint density at radius 2 is 1.81 bits per heavy atom. The lowest BCUT2D eigenvalue weighted by Crippen LogP contribution is -2.47. The van der Waals surface area contributed by atoms with Crippen molar-refractivity contribution in [3.63, 3.8) is 0 Å². The molecule has 2 N–H and O–H groups in total. The lowest BCUT2D eigenvalue weighted by Gasteiger charge is -2.25. The molecule has 1 aliphatic heterocycles. The minimum atomic E-state index is -0.863. The van der Waals surface area contributed by atoms with Crippen LogP contribution >= 0.6 is 0 Å². The van der Waals surface area contributed by atoms with Crippen LogP contribution in [-0.2, 0) is 16.0 Å². The van der Waals surface area contributed by atoms with Gasteiger partial charge in [0, 0.05) is 5.69 Å². The van der Waals surface area contributed by atoms with Crippen LogP contribution in [0.2, 0.25) is 0 Å². The summed E-state index contributed by atoms with van der Waals surface area (Å²) in [5.74, 6) is -0.650. The van der Waals surface area contributed by atoms with Crippen molar-refractivity contribution in [1.29, 1.82) is 0 Å². The lowest BCUT2D eigenvalue weighted by atomic mass is 9.88. The number of urea groups is 1. The molecular weight excluding hydrogens is 330 g/mol. The van der Waals surface area contributed by atoms with E-state index in [0.29, 0.717) is 12.8 Å². The zero-order chi connectivity index (χ0) is 19.3. The van der Waals surface area contributed by atoms with Gasteiger partial charge in [0.1, 0.15) is 12.1 Å². The van der Waals surface area contributed by atoms with Crippen LogP contribution in [0.25, 0.3) is 0 Å². The predicted molar refractivity (Wildman–Crippen MR) is 102 cm³/mol. The average Bonchev–Trinajstić information content (AvgIpc) is 2.82. The summed E-state index contributed by atoms with van der Waals surface area (Å²) in [5, 5.41) is 5.71. The number of amides is 4. The van der Waals surface area contributed by atoms with Gasteiger partial charge in [0.15, 0.2) is 0 Å². The number of carbonyl (C=O) groups excluding carboxylic acids is 3. The summed E-state index contributed by atoms with van der Waals surface area (Å²) in [5.41, 5.74) is 1.89. The fraction of sp³-hybridized carbons (Fsp3) is 0.550. The van der Waals surface area contributed by atoms with Crippen molar-refractivity contribution in [2.75, 3.05) is 11.9 Å². The van der Waals surface area contributed by atoms with E-state index in [0.717, 1.165) is 41.0 Å². The maximum atomic E-state index is 12.9. The molecule has 26 heavy (non-hydrogen) atoms. The fourth-order valence-electron chi connectivity index (χ4n) is 3.66. The third-order valence-electron chi connectivity index (χ3n) is 4.91. The van der Waals surface area contributed by atoms with Crippen molar-refractivity contribution < 1.29 is 14.4 Å². The smallest absolute Gasteiger partial charge is 0.324 e. The molecule has 0 spiro atoms. The summed E-state index contributed by atoms with van der Waals surface area (Å²) in [6.45, 7) is 7.65. The van der Waals surface area contributed by atoms with Gasteiger partial charge in [0.25, 0.3) is 5.91 Å². The summed E-state index contributed by atoms with van der Waals surface area (Å²) in [4.78, 5) is 38.8. The third-order valence-corrected chi connectivity index (χ3v) is 4.91. The number of nitrogens with zero attached hydrogens (tertiary/aromatic N) is 1. The molecule has 1 aliphatic rings. The molecule has 4 amide bonds. The Morgan fingerprint density at radius 3 is 2.38 bits per heavy atom. The number of hydrogen-bond acceptors (Lipinski definition) is 3. The van der Waals surface area contributed by atoms with Gasteiger partial charge < -0.3 is 10.6 Å². The molecule has 0 aromatic heterocycles. The van der Waals surface area contributed by atoms with Crippen molar-refractivity contribution in [3.05, 3.63) is 29.3 Å². The van der Waals surface area contributed by atoms with E-state index in [-0.39, 0.29) is 18.4 Å². The first-order valence-corrected chi connectivity index (χ1v) is 9.41. The standard InChI is InChI=1S/C20H29N3O3/c1-5-11-20(12-6-2)18(25)23(19(26)22-20)13-16(24)21-17-14(4)9-8-10-15(17)7-3/h8-10H,5-7,11-13H2,1-4H3,(H,21,24)(H,22,26). The Hall–Kier alpha value is -2.37. The number of rotatable bonds is 8. The van der Waals surface area contributed by atoms with Gasteiger partial charge in [-0.25, -0.2) is 4.79 Å². The van der Waals surface area contributed by atoms with E-state index in [1.54, 1.807) is 0 Å². The molecule has 1 aromatic rings. The molecule has 0 radical (unpaired) electrons. The van der Waals surface area contributed by atoms with E-state index in [9.17, 15) is 14.4 Å². The molecule has 6 nitrogen and oxygen atoms in total. The molecule has 2 rings (SSSR count). The third kappa shape index (κ3) is 3.89. The summed E-state index contributed by atoms with van der Waals surface area (Å²) >= 11 is 0. The molecule has 0 atom stereocenters. The number of hydrogen-bond donors (Lipinski definition) is 2. The molecule has 1 fully saturated rings. The molecule has 142 valence electrons. The van der Waals surface area contributed by atoms with E-state index in [1.165, 1.54) is 0 Å². The number of nitrogens with one attached hydrogen (secondary N) is 2. The van der Waals surface area contributed by atoms with Gasteiger partial charge in [-0.2, -0.15) is 0 Å². The number of benzene rings is 1. The second kappa shape index (κ2) is 8.34. The maximum absolute atomic E-state index is 12.9. The number of imide groups is 1. The number of anilines is 1. The fourth-order valence-corrected chi connectivity index (χ4v) is 3.66. The van der Waals surface area contributed by atoms with Crippen LogP contribution < -0.4 is 10.6 Å². The topological polar surface area (TPSA) is 78.5 Å². The molecule has 0 aliphatic carbocycles. The Bertz CT molecular complexity index is 694. The second-order valence-electron chi connectivity index (χ2n) is 6.91. The summed E-state index contributed by atoms with van der Waals surface area (Å²) in [6.07, 6.45) is 3.53. The van der Waals surface area contributed by atoms with Crippen LogP contribution in [0, 0.1) is 6.92 Å². The molecule has 1 heterocycles. The van der Waals surface area contributed by atoms with Crippen LogP contribution in [0.4, 0.5) is 10.5 Å². The van der Waals surface area contributed by atoms with Gasteiger partial charge in [0.2, 0.25) is 5.91 Å². The van der Waals surface area contributed by atoms with Crippen molar-refractivity contribution in [3.8, 4) is 0 Å². The normalized spacial score (nSPS) is 15.9. The van der Waals surface area contributed by atoms with Gasteiger partial charge in [-0.1, -0.05) is 51.8 Å². The number of carbonyl (C=O) groups is 3. The second-order valence-corrected chi connectivity index (χ2v) is 6.91. The largest absolute Gasteiger partial charge is 0.325 e. The van der Waals surface area contributed by atoms with Crippen LogP contribution in [0.5, 0.6) is 0 Å². The van der Waals surface area contributed by atoms with Gasteiger partial charge in [0.05, 0.1) is 0 Å². The van der Waals surface area contributed by atoms with Gasteiger partial charge in [-0.15, -0.1) is 0 Å². The van der Waals surface area contributed by atoms with Crippen LogP contribution in [-0.4, -0.2) is 34.8 Å². The minimum absolute atomic E-state index is 0.267. The van der Waals surface area contributed by atoms with E-state index in [1.807, 2.05) is 45.9 Å². The van der Waals surface area contributed by atoms with Crippen LogP contribution in [0.15, 0.2) is 18.2 Å². The molecule has 0 bridgehead atoms. The highest BCUT2D eigenvalue weighted by atomic mass is 16.2. The van der Waals surface area contributed by atoms with Crippen LogP contribution in [0.3, 0.4) is 0 Å². The summed E-state index contributed by atoms with van der Waals surface area (Å²) in [6, 6.07) is 5.36. The molecular formula is C20H29N3O3. The monoisotopic (exact) mass is 359 g/mol. The zero-order valence-corrected chi connectivity index (χ0v) is 16.1. The Balaban J connectivity index is 2.14. The average molecular weight is 359 g/mol. The lowest BCUT2D eigenvalue weighted by molar-refractivity contribution is -0.134. The van der Waals surface area contributed by atoms with Gasteiger partial charge in [-0.05, 0) is 37.3 Å². The van der Waals surface area contributed by atoms with Crippen molar-refractivity contribution >= 4 is 23.5 Å². The highest BCUT2D eigenvalue weighted by Crippen LogP contribution is 2.28. The maximum Gasteiger partial charge on any atom is 0.325 e.